The number of benzene rings is 2. The Labute approximate surface area is 150 Å². The number of hydrogen-bond donors (Lipinski definition) is 0. The Morgan fingerprint density at radius 3 is 2.35 bits per heavy atom. The highest BCUT2D eigenvalue weighted by Crippen LogP contribution is 2.31. The molecule has 0 bridgehead atoms. The summed E-state index contributed by atoms with van der Waals surface area (Å²) < 4.78 is 19.1. The van der Waals surface area contributed by atoms with E-state index >= 15 is 0 Å². The Bertz CT molecular complexity index is 1020. The molecule has 26 heavy (non-hydrogen) atoms. The van der Waals surface area contributed by atoms with E-state index in [0.29, 0.717) is 40.9 Å². The van der Waals surface area contributed by atoms with Crippen LogP contribution in [0.3, 0.4) is 0 Å². The average Bonchev–Trinajstić information content (AvgIpc) is 2.62. The molecule has 0 atom stereocenters. The molecular formula is C21H20FNO3. The molecule has 2 aromatic carbocycles. The molecule has 1 aromatic heterocycles. The monoisotopic (exact) mass is 353 g/mol. The van der Waals surface area contributed by atoms with Crippen molar-refractivity contribution in [2.45, 2.75) is 20.8 Å². The van der Waals surface area contributed by atoms with E-state index in [2.05, 4.69) is 0 Å². The summed E-state index contributed by atoms with van der Waals surface area (Å²) in [5, 5.41) is 0.358. The van der Waals surface area contributed by atoms with Gasteiger partial charge in [-0.15, -0.1) is 0 Å². The molecule has 0 aliphatic rings. The molecule has 3 aromatic rings. The summed E-state index contributed by atoms with van der Waals surface area (Å²) in [5.74, 6) is -0.130. The lowest BCUT2D eigenvalue weighted by Gasteiger charge is -2.21. The van der Waals surface area contributed by atoms with Gasteiger partial charge in [-0.2, -0.15) is 0 Å². The van der Waals surface area contributed by atoms with Crippen LogP contribution in [0.1, 0.15) is 30.0 Å². The molecule has 5 heteroatoms. The second-order valence-corrected chi connectivity index (χ2v) is 6.07. The van der Waals surface area contributed by atoms with Crippen molar-refractivity contribution in [3.8, 4) is 11.1 Å². The summed E-state index contributed by atoms with van der Waals surface area (Å²) >= 11 is 0. The highest BCUT2D eigenvalue weighted by Gasteiger charge is 2.23. The Balaban J connectivity index is 2.37. The number of carbonyl (C=O) groups excluding carboxylic acids is 1. The summed E-state index contributed by atoms with van der Waals surface area (Å²) in [6.07, 6.45) is 0. The number of carbonyl (C=O) groups is 1. The summed E-state index contributed by atoms with van der Waals surface area (Å²) in [4.78, 5) is 27.2. The molecule has 0 aliphatic heterocycles. The lowest BCUT2D eigenvalue weighted by Crippen LogP contribution is -2.31. The van der Waals surface area contributed by atoms with Crippen LogP contribution in [0.4, 0.5) is 4.39 Å². The van der Waals surface area contributed by atoms with E-state index in [0.717, 1.165) is 0 Å². The number of aryl methyl sites for hydroxylation is 1. The number of halogens is 1. The predicted octanol–water partition coefficient (Wildman–Crippen LogP) is 4.39. The van der Waals surface area contributed by atoms with E-state index in [1.54, 1.807) is 36.1 Å². The van der Waals surface area contributed by atoms with Gasteiger partial charge in [0.25, 0.3) is 5.91 Å². The maximum Gasteiger partial charge on any atom is 0.258 e. The fraction of sp³-hybridized carbons (Fsp3) is 0.238. The van der Waals surface area contributed by atoms with E-state index in [1.807, 2.05) is 13.8 Å². The molecule has 1 heterocycles. The lowest BCUT2D eigenvalue weighted by molar-refractivity contribution is 0.0774. The molecule has 3 rings (SSSR count). The fourth-order valence-electron chi connectivity index (χ4n) is 3.09. The van der Waals surface area contributed by atoms with Crippen molar-refractivity contribution in [3.05, 3.63) is 69.8 Å². The summed E-state index contributed by atoms with van der Waals surface area (Å²) in [6, 6.07) is 10.7. The number of nitrogens with zero attached hydrogens (tertiary/aromatic N) is 1. The minimum Gasteiger partial charge on any atom is -0.460 e. The molecule has 0 aliphatic carbocycles. The molecular weight excluding hydrogens is 333 g/mol. The predicted molar refractivity (Wildman–Crippen MR) is 99.9 cm³/mol. The zero-order chi connectivity index (χ0) is 18.8. The van der Waals surface area contributed by atoms with E-state index in [1.165, 1.54) is 18.2 Å². The van der Waals surface area contributed by atoms with Gasteiger partial charge in [0.15, 0.2) is 11.0 Å². The van der Waals surface area contributed by atoms with Gasteiger partial charge in [0, 0.05) is 19.2 Å². The van der Waals surface area contributed by atoms with Crippen LogP contribution in [0.25, 0.3) is 22.1 Å². The topological polar surface area (TPSA) is 50.5 Å². The minimum absolute atomic E-state index is 0.192. The average molecular weight is 353 g/mol. The smallest absolute Gasteiger partial charge is 0.258 e. The Morgan fingerprint density at radius 1 is 1.08 bits per heavy atom. The molecule has 4 nitrogen and oxygen atoms in total. The van der Waals surface area contributed by atoms with Gasteiger partial charge in [-0.3, -0.25) is 9.59 Å². The first kappa shape index (κ1) is 17.9. The number of rotatable bonds is 4. The molecule has 0 saturated carbocycles. The summed E-state index contributed by atoms with van der Waals surface area (Å²) in [7, 11) is 0. The Kier molecular flexibility index (Phi) is 4.89. The number of amides is 1. The fourth-order valence-corrected chi connectivity index (χ4v) is 3.09. The van der Waals surface area contributed by atoms with Crippen LogP contribution in [0.2, 0.25) is 0 Å². The van der Waals surface area contributed by atoms with Crippen molar-refractivity contribution in [2.75, 3.05) is 13.1 Å². The lowest BCUT2D eigenvalue weighted by atomic mass is 9.96. The zero-order valence-corrected chi connectivity index (χ0v) is 15.0. The molecule has 134 valence electrons. The van der Waals surface area contributed by atoms with Gasteiger partial charge in [-0.05, 0) is 50.1 Å². The zero-order valence-electron chi connectivity index (χ0n) is 15.0. The number of fused-ring (bicyclic) bond motifs is 1. The molecule has 0 N–H and O–H groups in total. The van der Waals surface area contributed by atoms with Gasteiger partial charge in [-0.1, -0.05) is 18.2 Å². The van der Waals surface area contributed by atoms with Crippen LogP contribution in [0.5, 0.6) is 0 Å². The van der Waals surface area contributed by atoms with Gasteiger partial charge in [0.2, 0.25) is 0 Å². The van der Waals surface area contributed by atoms with Crippen LogP contribution in [-0.2, 0) is 0 Å². The second-order valence-electron chi connectivity index (χ2n) is 6.07. The highest BCUT2D eigenvalue weighted by atomic mass is 19.1. The summed E-state index contributed by atoms with van der Waals surface area (Å²) in [6.45, 7) is 6.53. The standard InChI is InChI=1S/C21H20FNO3/c1-4-23(5-2)21(25)19-16(14-6-8-15(22)9-7-14)10-11-17-18(24)12-13(3)26-20(17)19/h6-12H,4-5H2,1-3H3. The third-order valence-corrected chi connectivity index (χ3v) is 4.44. The van der Waals surface area contributed by atoms with Crippen LogP contribution < -0.4 is 5.43 Å². The van der Waals surface area contributed by atoms with Gasteiger partial charge >= 0.3 is 0 Å². The van der Waals surface area contributed by atoms with Crippen LogP contribution in [-0.4, -0.2) is 23.9 Å². The minimum atomic E-state index is -0.353. The van der Waals surface area contributed by atoms with E-state index in [-0.39, 0.29) is 22.7 Å². The van der Waals surface area contributed by atoms with Crippen molar-refractivity contribution in [2.24, 2.45) is 0 Å². The third kappa shape index (κ3) is 3.12. The van der Waals surface area contributed by atoms with E-state index in [4.69, 9.17) is 4.42 Å². The first-order valence-corrected chi connectivity index (χ1v) is 8.59. The van der Waals surface area contributed by atoms with Gasteiger partial charge < -0.3 is 9.32 Å². The highest BCUT2D eigenvalue weighted by molar-refractivity contribution is 6.10. The SMILES string of the molecule is CCN(CC)C(=O)c1c(-c2ccc(F)cc2)ccc2c(=O)cc(C)oc12. The molecule has 0 radical (unpaired) electrons. The Hall–Kier alpha value is -2.95. The largest absolute Gasteiger partial charge is 0.460 e. The van der Waals surface area contributed by atoms with Crippen molar-refractivity contribution in [3.63, 3.8) is 0 Å². The third-order valence-electron chi connectivity index (χ3n) is 4.44. The van der Waals surface area contributed by atoms with Crippen molar-refractivity contribution in [1.29, 1.82) is 0 Å². The van der Waals surface area contributed by atoms with Gasteiger partial charge in [0.1, 0.15) is 11.6 Å². The molecule has 0 spiro atoms. The maximum atomic E-state index is 13.3. The van der Waals surface area contributed by atoms with Crippen molar-refractivity contribution >= 4 is 16.9 Å². The first-order valence-electron chi connectivity index (χ1n) is 8.59. The second kappa shape index (κ2) is 7.12. The number of hydrogen-bond acceptors (Lipinski definition) is 3. The van der Waals surface area contributed by atoms with Gasteiger partial charge in [0.05, 0.1) is 10.9 Å². The van der Waals surface area contributed by atoms with Crippen LogP contribution >= 0.6 is 0 Å². The quantitative estimate of drug-likeness (QED) is 0.699. The van der Waals surface area contributed by atoms with Crippen LogP contribution in [0, 0.1) is 12.7 Å². The normalized spacial score (nSPS) is 10.9. The van der Waals surface area contributed by atoms with E-state index in [9.17, 15) is 14.0 Å². The van der Waals surface area contributed by atoms with E-state index < -0.39 is 0 Å². The summed E-state index contributed by atoms with van der Waals surface area (Å²) in [5.41, 5.74) is 1.71. The molecule has 0 unspecified atom stereocenters. The molecule has 0 fully saturated rings. The van der Waals surface area contributed by atoms with Crippen LogP contribution in [0.15, 0.2) is 51.7 Å². The van der Waals surface area contributed by atoms with Crippen molar-refractivity contribution in [1.82, 2.24) is 4.90 Å². The molecule has 1 amide bonds. The maximum absolute atomic E-state index is 13.3. The van der Waals surface area contributed by atoms with Crippen molar-refractivity contribution < 1.29 is 13.6 Å². The Morgan fingerprint density at radius 2 is 1.73 bits per heavy atom. The first-order chi connectivity index (χ1) is 12.5. The van der Waals surface area contributed by atoms with Gasteiger partial charge in [-0.25, -0.2) is 4.39 Å². The molecule has 0 saturated heterocycles.